The number of rotatable bonds is 6. The van der Waals surface area contributed by atoms with Gasteiger partial charge in [0.25, 0.3) is 0 Å². The second-order valence-corrected chi connectivity index (χ2v) is 6.86. The predicted molar refractivity (Wildman–Crippen MR) is 116 cm³/mol. The number of carbonyl (C=O) groups is 1. The molecule has 1 aromatic rings. The van der Waals surface area contributed by atoms with Gasteiger partial charge in [0, 0.05) is 27.2 Å². The van der Waals surface area contributed by atoms with Crippen molar-refractivity contribution in [1.29, 1.82) is 0 Å². The van der Waals surface area contributed by atoms with E-state index in [9.17, 15) is 13.6 Å². The number of guanidine groups is 1. The van der Waals surface area contributed by atoms with Gasteiger partial charge in [0.1, 0.15) is 6.54 Å². The monoisotopic (exact) mass is 510 g/mol. The minimum absolute atomic E-state index is 0. The van der Waals surface area contributed by atoms with E-state index in [4.69, 9.17) is 4.74 Å². The lowest BCUT2D eigenvalue weighted by Gasteiger charge is -2.25. The summed E-state index contributed by atoms with van der Waals surface area (Å²) in [4.78, 5) is 17.6. The van der Waals surface area contributed by atoms with Crippen LogP contribution in [-0.2, 0) is 9.53 Å². The Labute approximate surface area is 182 Å². The first-order valence-electron chi connectivity index (χ1n) is 9.18. The van der Waals surface area contributed by atoms with E-state index in [2.05, 4.69) is 15.6 Å². The molecule has 0 aliphatic carbocycles. The number of carbonyl (C=O) groups excluding carboxylic acids is 1. The van der Waals surface area contributed by atoms with Crippen molar-refractivity contribution in [3.63, 3.8) is 0 Å². The van der Waals surface area contributed by atoms with Gasteiger partial charge < -0.3 is 20.3 Å². The Morgan fingerprint density at radius 1 is 1.32 bits per heavy atom. The Morgan fingerprint density at radius 3 is 2.68 bits per heavy atom. The maximum absolute atomic E-state index is 13.5. The quantitative estimate of drug-likeness (QED) is 0.351. The van der Waals surface area contributed by atoms with Crippen LogP contribution in [-0.4, -0.2) is 56.7 Å². The third kappa shape index (κ3) is 7.86. The number of amides is 1. The van der Waals surface area contributed by atoms with Crippen LogP contribution in [0.3, 0.4) is 0 Å². The zero-order valence-electron chi connectivity index (χ0n) is 16.5. The van der Waals surface area contributed by atoms with Crippen LogP contribution in [0.2, 0.25) is 0 Å². The number of hydrogen-bond donors (Lipinski definition) is 2. The Kier molecular flexibility index (Phi) is 10.7. The average Bonchev–Trinajstić information content (AvgIpc) is 2.66. The molecule has 1 saturated heterocycles. The number of hydrogen-bond acceptors (Lipinski definition) is 3. The van der Waals surface area contributed by atoms with Gasteiger partial charge in [0.15, 0.2) is 17.6 Å². The number of nitrogens with one attached hydrogen (secondary N) is 2. The summed E-state index contributed by atoms with van der Waals surface area (Å²) in [6.45, 7) is 3.11. The molecule has 0 saturated carbocycles. The molecule has 28 heavy (non-hydrogen) atoms. The molecule has 0 radical (unpaired) electrons. The lowest BCUT2D eigenvalue weighted by atomic mass is 10.1. The van der Waals surface area contributed by atoms with Gasteiger partial charge in [-0.05, 0) is 43.9 Å². The van der Waals surface area contributed by atoms with Gasteiger partial charge in [-0.1, -0.05) is 6.07 Å². The van der Waals surface area contributed by atoms with Crippen LogP contribution in [0, 0.1) is 11.6 Å². The fourth-order valence-electron chi connectivity index (χ4n) is 2.69. The SMILES string of the molecule is CC(NC(=NCC(=O)N(C)C)NCC1CCCCO1)c1ccc(F)c(F)c1.I. The van der Waals surface area contributed by atoms with Crippen LogP contribution in [0.5, 0.6) is 0 Å². The number of nitrogens with zero attached hydrogens (tertiary/aromatic N) is 2. The topological polar surface area (TPSA) is 66.0 Å². The molecule has 0 bridgehead atoms. The molecule has 0 aromatic heterocycles. The van der Waals surface area contributed by atoms with Crippen molar-refractivity contribution in [3.8, 4) is 0 Å². The molecule has 2 unspecified atom stereocenters. The summed E-state index contributed by atoms with van der Waals surface area (Å²) in [6.07, 6.45) is 3.25. The van der Waals surface area contributed by atoms with Crippen LogP contribution in [0.25, 0.3) is 0 Å². The van der Waals surface area contributed by atoms with Crippen LogP contribution in [0.15, 0.2) is 23.2 Å². The molecule has 1 aliphatic rings. The number of halogens is 3. The molecule has 2 atom stereocenters. The van der Waals surface area contributed by atoms with Crippen molar-refractivity contribution in [3.05, 3.63) is 35.4 Å². The summed E-state index contributed by atoms with van der Waals surface area (Å²) in [6, 6.07) is 3.44. The van der Waals surface area contributed by atoms with E-state index >= 15 is 0 Å². The molecule has 9 heteroatoms. The summed E-state index contributed by atoms with van der Waals surface area (Å²) in [5.41, 5.74) is 0.580. The maximum atomic E-state index is 13.5. The Hall–Kier alpha value is -1.49. The summed E-state index contributed by atoms with van der Waals surface area (Å²) in [7, 11) is 3.33. The third-order valence-electron chi connectivity index (χ3n) is 4.44. The number of ether oxygens (including phenoxy) is 1. The molecule has 1 aromatic carbocycles. The molecule has 1 fully saturated rings. The third-order valence-corrected chi connectivity index (χ3v) is 4.44. The Balaban J connectivity index is 0.00000392. The van der Waals surface area contributed by atoms with Crippen molar-refractivity contribution in [2.75, 3.05) is 33.8 Å². The van der Waals surface area contributed by atoms with E-state index < -0.39 is 11.6 Å². The molecular weight excluding hydrogens is 481 g/mol. The molecule has 1 heterocycles. The Morgan fingerprint density at radius 2 is 2.07 bits per heavy atom. The first-order chi connectivity index (χ1) is 12.9. The average molecular weight is 510 g/mol. The fraction of sp³-hybridized carbons (Fsp3) is 0.579. The molecule has 6 nitrogen and oxygen atoms in total. The maximum Gasteiger partial charge on any atom is 0.243 e. The first kappa shape index (κ1) is 24.5. The van der Waals surface area contributed by atoms with Crippen molar-refractivity contribution >= 4 is 35.8 Å². The first-order valence-corrected chi connectivity index (χ1v) is 9.18. The number of likely N-dealkylation sites (N-methyl/N-ethyl adjacent to an activating group) is 1. The lowest BCUT2D eigenvalue weighted by molar-refractivity contribution is -0.127. The highest BCUT2D eigenvalue weighted by Gasteiger charge is 2.16. The van der Waals surface area contributed by atoms with E-state index in [0.717, 1.165) is 38.0 Å². The van der Waals surface area contributed by atoms with E-state index in [1.807, 2.05) is 6.92 Å². The lowest BCUT2D eigenvalue weighted by Crippen LogP contribution is -2.44. The van der Waals surface area contributed by atoms with Gasteiger partial charge in [0.05, 0.1) is 12.1 Å². The standard InChI is InChI=1S/C19H28F2N4O2.HI/c1-13(14-7-8-16(20)17(21)10-14)24-19(23-12-18(26)25(2)3)22-11-15-6-4-5-9-27-15;/h7-8,10,13,15H,4-6,9,11-12H2,1-3H3,(H2,22,23,24);1H. The van der Waals surface area contributed by atoms with Gasteiger partial charge in [0.2, 0.25) is 5.91 Å². The molecule has 1 amide bonds. The molecule has 0 spiro atoms. The largest absolute Gasteiger partial charge is 0.376 e. The van der Waals surface area contributed by atoms with Gasteiger partial charge in [-0.25, -0.2) is 13.8 Å². The molecule has 2 rings (SSSR count). The zero-order chi connectivity index (χ0) is 19.8. The second-order valence-electron chi connectivity index (χ2n) is 6.86. The van der Waals surface area contributed by atoms with Crippen molar-refractivity contribution in [1.82, 2.24) is 15.5 Å². The van der Waals surface area contributed by atoms with Gasteiger partial charge in [-0.3, -0.25) is 4.79 Å². The van der Waals surface area contributed by atoms with Crippen LogP contribution >= 0.6 is 24.0 Å². The summed E-state index contributed by atoms with van der Waals surface area (Å²) in [5.74, 6) is -1.49. The Bertz CT molecular complexity index is 667. The van der Waals surface area contributed by atoms with Gasteiger partial charge >= 0.3 is 0 Å². The summed E-state index contributed by atoms with van der Waals surface area (Å²) >= 11 is 0. The van der Waals surface area contributed by atoms with E-state index in [0.29, 0.717) is 18.1 Å². The molecular formula is C19H29F2IN4O2. The van der Waals surface area contributed by atoms with Crippen molar-refractivity contribution in [2.24, 2.45) is 4.99 Å². The molecule has 1 aliphatic heterocycles. The van der Waals surface area contributed by atoms with E-state index in [-0.39, 0.29) is 48.6 Å². The van der Waals surface area contributed by atoms with Crippen LogP contribution < -0.4 is 10.6 Å². The highest BCUT2D eigenvalue weighted by Crippen LogP contribution is 2.16. The predicted octanol–water partition coefficient (Wildman–Crippen LogP) is 2.84. The number of benzene rings is 1. The minimum Gasteiger partial charge on any atom is -0.376 e. The fourth-order valence-corrected chi connectivity index (χ4v) is 2.69. The van der Waals surface area contributed by atoms with E-state index in [1.54, 1.807) is 14.1 Å². The van der Waals surface area contributed by atoms with Gasteiger partial charge in [-0.2, -0.15) is 0 Å². The smallest absolute Gasteiger partial charge is 0.243 e. The van der Waals surface area contributed by atoms with Gasteiger partial charge in [-0.15, -0.1) is 24.0 Å². The zero-order valence-corrected chi connectivity index (χ0v) is 18.8. The number of aliphatic imine (C=N–C) groups is 1. The second kappa shape index (κ2) is 12.2. The van der Waals surface area contributed by atoms with Crippen LogP contribution in [0.4, 0.5) is 8.78 Å². The molecule has 2 N–H and O–H groups in total. The molecule has 158 valence electrons. The highest BCUT2D eigenvalue weighted by molar-refractivity contribution is 14.0. The summed E-state index contributed by atoms with van der Waals surface area (Å²) < 4.78 is 32.3. The van der Waals surface area contributed by atoms with Crippen molar-refractivity contribution < 1.29 is 18.3 Å². The van der Waals surface area contributed by atoms with Crippen molar-refractivity contribution in [2.45, 2.75) is 38.3 Å². The highest BCUT2D eigenvalue weighted by atomic mass is 127. The summed E-state index contributed by atoms with van der Waals surface area (Å²) in [5, 5.41) is 6.32. The minimum atomic E-state index is -0.897. The van der Waals surface area contributed by atoms with Crippen LogP contribution in [0.1, 0.15) is 37.8 Å². The van der Waals surface area contributed by atoms with E-state index in [1.165, 1.54) is 11.0 Å². The normalized spacial score (nSPS) is 18.0.